The Bertz CT molecular complexity index is 394. The Kier molecular flexibility index (Phi) is 6.63. The maximum Gasteiger partial charge on any atom is 0.125 e. The number of aliphatic hydroxyl groups is 1. The molecule has 0 bridgehead atoms. The Labute approximate surface area is 120 Å². The van der Waals surface area contributed by atoms with E-state index in [1.807, 2.05) is 25.1 Å². The molecule has 0 aromatic heterocycles. The van der Waals surface area contributed by atoms with Gasteiger partial charge in [-0.15, -0.1) is 0 Å². The molecule has 2 unspecified atom stereocenters. The van der Waals surface area contributed by atoms with Crippen molar-refractivity contribution < 1.29 is 9.84 Å². The molecule has 0 spiro atoms. The van der Waals surface area contributed by atoms with Crippen molar-refractivity contribution in [2.75, 3.05) is 6.54 Å². The highest BCUT2D eigenvalue weighted by molar-refractivity contribution is 6.31. The minimum absolute atomic E-state index is 0.262. The van der Waals surface area contributed by atoms with Crippen LogP contribution in [0, 0.1) is 5.92 Å². The predicted octanol–water partition coefficient (Wildman–Crippen LogP) is 3.23. The minimum Gasteiger partial charge on any atom is -0.488 e. The van der Waals surface area contributed by atoms with Gasteiger partial charge in [0.2, 0.25) is 0 Å². The molecule has 2 N–H and O–H groups in total. The van der Waals surface area contributed by atoms with Gasteiger partial charge in [0.05, 0.1) is 6.10 Å². The Balaban J connectivity index is 2.77. The van der Waals surface area contributed by atoms with Crippen LogP contribution < -0.4 is 10.1 Å². The molecule has 108 valence electrons. The number of benzene rings is 1. The average Bonchev–Trinajstić information content (AvgIpc) is 2.32. The molecule has 0 aliphatic rings. The van der Waals surface area contributed by atoms with E-state index in [1.54, 1.807) is 6.92 Å². The Hall–Kier alpha value is -0.770. The molecule has 0 heterocycles. The number of aliphatic hydroxyl groups excluding tert-OH is 1. The first-order valence-corrected chi connectivity index (χ1v) is 7.12. The third-order valence-corrected chi connectivity index (χ3v) is 3.28. The number of hydrogen-bond acceptors (Lipinski definition) is 3. The number of halogens is 1. The molecular weight excluding hydrogens is 262 g/mol. The molecule has 1 aromatic carbocycles. The van der Waals surface area contributed by atoms with Gasteiger partial charge < -0.3 is 15.2 Å². The summed E-state index contributed by atoms with van der Waals surface area (Å²) in [6, 6.07) is 5.60. The summed E-state index contributed by atoms with van der Waals surface area (Å²) in [5.41, 5.74) is 0.942. The smallest absolute Gasteiger partial charge is 0.125 e. The molecular formula is C15H24ClNO2. The van der Waals surface area contributed by atoms with Crippen molar-refractivity contribution in [1.29, 1.82) is 0 Å². The second-order valence-electron chi connectivity index (χ2n) is 5.30. The average molecular weight is 286 g/mol. The Morgan fingerprint density at radius 1 is 1.26 bits per heavy atom. The topological polar surface area (TPSA) is 41.5 Å². The van der Waals surface area contributed by atoms with E-state index >= 15 is 0 Å². The molecule has 19 heavy (non-hydrogen) atoms. The van der Waals surface area contributed by atoms with Gasteiger partial charge in [-0.2, -0.15) is 0 Å². The predicted molar refractivity (Wildman–Crippen MR) is 79.8 cm³/mol. The standard InChI is InChI=1S/C15H24ClNO2/c1-10(2)8-17-9-13-14(16)6-5-7-15(13)19-12(4)11(3)18/h5-7,10-12,17-18H,8-9H2,1-4H3. The van der Waals surface area contributed by atoms with E-state index in [2.05, 4.69) is 19.2 Å². The number of ether oxygens (including phenoxy) is 1. The summed E-state index contributed by atoms with van der Waals surface area (Å²) in [4.78, 5) is 0. The van der Waals surface area contributed by atoms with Crippen molar-refractivity contribution in [3.63, 3.8) is 0 Å². The van der Waals surface area contributed by atoms with Crippen LogP contribution in [0.2, 0.25) is 5.02 Å². The van der Waals surface area contributed by atoms with Crippen LogP contribution in [0.25, 0.3) is 0 Å². The first-order chi connectivity index (χ1) is 8.91. The fourth-order valence-electron chi connectivity index (χ4n) is 1.61. The lowest BCUT2D eigenvalue weighted by molar-refractivity contribution is 0.0597. The van der Waals surface area contributed by atoms with Crippen LogP contribution in [0.1, 0.15) is 33.3 Å². The van der Waals surface area contributed by atoms with Crippen LogP contribution in [0.15, 0.2) is 18.2 Å². The minimum atomic E-state index is -0.518. The largest absolute Gasteiger partial charge is 0.488 e. The summed E-state index contributed by atoms with van der Waals surface area (Å²) in [5, 5.41) is 13.6. The van der Waals surface area contributed by atoms with Gasteiger partial charge >= 0.3 is 0 Å². The summed E-state index contributed by atoms with van der Waals surface area (Å²) < 4.78 is 5.77. The van der Waals surface area contributed by atoms with Gasteiger partial charge in [-0.05, 0) is 38.4 Å². The lowest BCUT2D eigenvalue weighted by Crippen LogP contribution is -2.27. The van der Waals surface area contributed by atoms with Gasteiger partial charge in [0.15, 0.2) is 0 Å². The fourth-order valence-corrected chi connectivity index (χ4v) is 1.84. The third kappa shape index (κ3) is 5.39. The maximum atomic E-state index is 9.52. The van der Waals surface area contributed by atoms with Gasteiger partial charge in [0.1, 0.15) is 11.9 Å². The summed E-state index contributed by atoms with van der Waals surface area (Å²) in [5.74, 6) is 1.32. The van der Waals surface area contributed by atoms with Crippen molar-refractivity contribution in [3.8, 4) is 5.75 Å². The van der Waals surface area contributed by atoms with Crippen LogP contribution in [0.4, 0.5) is 0 Å². The van der Waals surface area contributed by atoms with Crippen molar-refractivity contribution in [3.05, 3.63) is 28.8 Å². The third-order valence-electron chi connectivity index (χ3n) is 2.92. The number of nitrogens with one attached hydrogen (secondary N) is 1. The number of hydrogen-bond donors (Lipinski definition) is 2. The lowest BCUT2D eigenvalue weighted by Gasteiger charge is -2.20. The molecule has 0 saturated heterocycles. The number of rotatable bonds is 7. The maximum absolute atomic E-state index is 9.52. The van der Waals surface area contributed by atoms with E-state index in [4.69, 9.17) is 16.3 Å². The second-order valence-corrected chi connectivity index (χ2v) is 5.71. The first kappa shape index (κ1) is 16.3. The van der Waals surface area contributed by atoms with Gasteiger partial charge in [0, 0.05) is 17.1 Å². The zero-order valence-corrected chi connectivity index (χ0v) is 12.9. The molecule has 2 atom stereocenters. The SMILES string of the molecule is CC(C)CNCc1c(Cl)cccc1OC(C)C(C)O. The zero-order chi connectivity index (χ0) is 14.4. The van der Waals surface area contributed by atoms with Gasteiger partial charge in [-0.25, -0.2) is 0 Å². The van der Waals surface area contributed by atoms with E-state index in [9.17, 15) is 5.11 Å². The van der Waals surface area contributed by atoms with E-state index in [-0.39, 0.29) is 6.10 Å². The highest BCUT2D eigenvalue weighted by Crippen LogP contribution is 2.27. The summed E-state index contributed by atoms with van der Waals surface area (Å²) in [7, 11) is 0. The summed E-state index contributed by atoms with van der Waals surface area (Å²) in [6.45, 7) is 9.47. The first-order valence-electron chi connectivity index (χ1n) is 6.74. The van der Waals surface area contributed by atoms with E-state index in [0.29, 0.717) is 17.5 Å². The highest BCUT2D eigenvalue weighted by Gasteiger charge is 2.14. The van der Waals surface area contributed by atoms with Crippen molar-refractivity contribution in [2.24, 2.45) is 5.92 Å². The zero-order valence-electron chi connectivity index (χ0n) is 12.1. The monoisotopic (exact) mass is 285 g/mol. The molecule has 3 nitrogen and oxygen atoms in total. The van der Waals surface area contributed by atoms with E-state index in [0.717, 1.165) is 17.9 Å². The van der Waals surface area contributed by atoms with Crippen molar-refractivity contribution in [2.45, 2.75) is 46.4 Å². The molecule has 0 aliphatic carbocycles. The van der Waals surface area contributed by atoms with Gasteiger partial charge in [-0.1, -0.05) is 31.5 Å². The molecule has 4 heteroatoms. The second kappa shape index (κ2) is 7.73. The summed E-state index contributed by atoms with van der Waals surface area (Å²) >= 11 is 6.23. The molecule has 0 radical (unpaired) electrons. The van der Waals surface area contributed by atoms with E-state index < -0.39 is 6.10 Å². The molecule has 1 rings (SSSR count). The lowest BCUT2D eigenvalue weighted by atomic mass is 10.1. The molecule has 0 aliphatic heterocycles. The summed E-state index contributed by atoms with van der Waals surface area (Å²) in [6.07, 6.45) is -0.780. The van der Waals surface area contributed by atoms with E-state index in [1.165, 1.54) is 0 Å². The Morgan fingerprint density at radius 2 is 1.95 bits per heavy atom. The van der Waals surface area contributed by atoms with Crippen LogP contribution in [-0.2, 0) is 6.54 Å². The van der Waals surface area contributed by atoms with Gasteiger partial charge in [0.25, 0.3) is 0 Å². The van der Waals surface area contributed by atoms with Crippen molar-refractivity contribution >= 4 is 11.6 Å². The fraction of sp³-hybridized carbons (Fsp3) is 0.600. The highest BCUT2D eigenvalue weighted by atomic mass is 35.5. The van der Waals surface area contributed by atoms with Crippen LogP contribution in [0.3, 0.4) is 0 Å². The molecule has 0 fully saturated rings. The molecule has 0 amide bonds. The quantitative estimate of drug-likeness (QED) is 0.808. The van der Waals surface area contributed by atoms with Crippen LogP contribution in [-0.4, -0.2) is 23.9 Å². The normalized spacial score (nSPS) is 14.5. The molecule has 0 saturated carbocycles. The Morgan fingerprint density at radius 3 is 2.53 bits per heavy atom. The molecule has 1 aromatic rings. The van der Waals surface area contributed by atoms with Gasteiger partial charge in [-0.3, -0.25) is 0 Å². The van der Waals surface area contributed by atoms with Crippen LogP contribution in [0.5, 0.6) is 5.75 Å². The van der Waals surface area contributed by atoms with Crippen molar-refractivity contribution in [1.82, 2.24) is 5.32 Å². The van der Waals surface area contributed by atoms with Crippen LogP contribution >= 0.6 is 11.6 Å².